The summed E-state index contributed by atoms with van der Waals surface area (Å²) in [6, 6.07) is 13.0. The lowest BCUT2D eigenvalue weighted by Crippen LogP contribution is -2.28. The van der Waals surface area contributed by atoms with Crippen molar-refractivity contribution in [1.29, 1.82) is 0 Å². The van der Waals surface area contributed by atoms with Gasteiger partial charge in [0.15, 0.2) is 0 Å². The van der Waals surface area contributed by atoms with Crippen LogP contribution in [0.4, 0.5) is 4.39 Å². The highest BCUT2D eigenvalue weighted by Crippen LogP contribution is 2.07. The quantitative estimate of drug-likeness (QED) is 0.812. The van der Waals surface area contributed by atoms with Crippen LogP contribution >= 0.6 is 0 Å². The zero-order chi connectivity index (χ0) is 16.7. The maximum Gasteiger partial charge on any atom is 0.232 e. The summed E-state index contributed by atoms with van der Waals surface area (Å²) in [5, 5.41) is 11.6. The summed E-state index contributed by atoms with van der Waals surface area (Å²) in [6.45, 7) is 0.247. The number of aliphatic hydroxyl groups is 1. The molecule has 0 spiro atoms. The predicted molar refractivity (Wildman–Crippen MR) is 87.3 cm³/mol. The number of halogens is 1. The average molecular weight is 335 g/mol. The fourth-order valence-corrected chi connectivity index (χ4v) is 3.04. The molecule has 0 aromatic heterocycles. The Morgan fingerprint density at radius 1 is 1.00 bits per heavy atom. The third-order valence-corrected chi connectivity index (χ3v) is 4.47. The van der Waals surface area contributed by atoms with Crippen LogP contribution in [0.5, 0.6) is 0 Å². The van der Waals surface area contributed by atoms with E-state index in [0.29, 0.717) is 0 Å². The SMILES string of the molecule is O=C(CS(=O)Cc1ccc(CO)cc1)NCc1ccc(F)cc1. The Morgan fingerprint density at radius 2 is 1.57 bits per heavy atom. The second kappa shape index (κ2) is 8.55. The molecule has 4 nitrogen and oxygen atoms in total. The molecule has 2 aromatic carbocycles. The lowest BCUT2D eigenvalue weighted by molar-refractivity contribution is -0.118. The van der Waals surface area contributed by atoms with E-state index in [1.807, 2.05) is 0 Å². The third-order valence-electron chi connectivity index (χ3n) is 3.23. The highest BCUT2D eigenvalue weighted by atomic mass is 32.2. The largest absolute Gasteiger partial charge is 0.392 e. The molecule has 23 heavy (non-hydrogen) atoms. The number of nitrogens with one attached hydrogen (secondary N) is 1. The minimum Gasteiger partial charge on any atom is -0.392 e. The fraction of sp³-hybridized carbons (Fsp3) is 0.235. The van der Waals surface area contributed by atoms with Crippen LogP contribution < -0.4 is 5.32 Å². The van der Waals surface area contributed by atoms with E-state index in [2.05, 4.69) is 5.32 Å². The van der Waals surface area contributed by atoms with Crippen molar-refractivity contribution in [3.63, 3.8) is 0 Å². The van der Waals surface area contributed by atoms with Gasteiger partial charge in [0.05, 0.1) is 6.61 Å². The van der Waals surface area contributed by atoms with Crippen molar-refractivity contribution in [3.8, 4) is 0 Å². The van der Waals surface area contributed by atoms with Crippen molar-refractivity contribution in [3.05, 3.63) is 71.0 Å². The Morgan fingerprint density at radius 3 is 2.17 bits per heavy atom. The average Bonchev–Trinajstić information content (AvgIpc) is 2.55. The zero-order valence-corrected chi connectivity index (χ0v) is 13.3. The summed E-state index contributed by atoms with van der Waals surface area (Å²) in [7, 11) is -1.31. The number of rotatable bonds is 7. The van der Waals surface area contributed by atoms with E-state index in [9.17, 15) is 13.4 Å². The molecule has 2 aromatic rings. The zero-order valence-electron chi connectivity index (χ0n) is 12.5. The van der Waals surface area contributed by atoms with E-state index in [4.69, 9.17) is 5.11 Å². The highest BCUT2D eigenvalue weighted by molar-refractivity contribution is 7.84. The van der Waals surface area contributed by atoms with Crippen LogP contribution in [-0.2, 0) is 34.5 Å². The topological polar surface area (TPSA) is 66.4 Å². The second-order valence-corrected chi connectivity index (χ2v) is 6.56. The number of carbonyl (C=O) groups excluding carboxylic acids is 1. The Bertz CT molecular complexity index is 671. The maximum absolute atomic E-state index is 12.8. The van der Waals surface area contributed by atoms with Gasteiger partial charge in [0.1, 0.15) is 11.6 Å². The molecule has 122 valence electrons. The molecule has 2 rings (SSSR count). The molecule has 0 aliphatic carbocycles. The van der Waals surface area contributed by atoms with Gasteiger partial charge in [-0.2, -0.15) is 0 Å². The molecule has 0 saturated carbocycles. The van der Waals surface area contributed by atoms with Crippen LogP contribution in [0.15, 0.2) is 48.5 Å². The molecule has 0 heterocycles. The van der Waals surface area contributed by atoms with Crippen LogP contribution in [0, 0.1) is 5.82 Å². The molecular weight excluding hydrogens is 317 g/mol. The number of aliphatic hydroxyl groups excluding tert-OH is 1. The summed E-state index contributed by atoms with van der Waals surface area (Å²) in [5.41, 5.74) is 2.42. The van der Waals surface area contributed by atoms with E-state index in [1.165, 1.54) is 12.1 Å². The van der Waals surface area contributed by atoms with Crippen molar-refractivity contribution in [1.82, 2.24) is 5.32 Å². The molecule has 6 heteroatoms. The van der Waals surface area contributed by atoms with Gasteiger partial charge in [-0.05, 0) is 28.8 Å². The van der Waals surface area contributed by atoms with Crippen molar-refractivity contribution in [2.24, 2.45) is 0 Å². The van der Waals surface area contributed by atoms with Crippen molar-refractivity contribution < 1.29 is 18.5 Å². The molecule has 1 atom stereocenters. The lowest BCUT2D eigenvalue weighted by Gasteiger charge is -2.06. The number of carbonyl (C=O) groups is 1. The predicted octanol–water partition coefficient (Wildman–Crippen LogP) is 1.88. The van der Waals surface area contributed by atoms with Gasteiger partial charge in [-0.15, -0.1) is 0 Å². The van der Waals surface area contributed by atoms with Gasteiger partial charge in [0.25, 0.3) is 0 Å². The summed E-state index contributed by atoms with van der Waals surface area (Å²) in [5.74, 6) is -0.424. The highest BCUT2D eigenvalue weighted by Gasteiger charge is 2.09. The Balaban J connectivity index is 1.77. The van der Waals surface area contributed by atoms with Gasteiger partial charge in [0.2, 0.25) is 5.91 Å². The minimum atomic E-state index is -1.31. The summed E-state index contributed by atoms with van der Waals surface area (Å²) >= 11 is 0. The van der Waals surface area contributed by atoms with E-state index in [1.54, 1.807) is 36.4 Å². The van der Waals surface area contributed by atoms with Crippen molar-refractivity contribution in [2.75, 3.05) is 5.75 Å². The summed E-state index contributed by atoms with van der Waals surface area (Å²) in [6.07, 6.45) is 0. The van der Waals surface area contributed by atoms with Gasteiger partial charge in [-0.3, -0.25) is 9.00 Å². The first-order valence-electron chi connectivity index (χ1n) is 7.11. The molecule has 2 N–H and O–H groups in total. The van der Waals surface area contributed by atoms with Gasteiger partial charge in [-0.1, -0.05) is 36.4 Å². The molecule has 1 unspecified atom stereocenters. The van der Waals surface area contributed by atoms with E-state index in [-0.39, 0.29) is 36.4 Å². The van der Waals surface area contributed by atoms with Crippen molar-refractivity contribution in [2.45, 2.75) is 18.9 Å². The number of hydrogen-bond donors (Lipinski definition) is 2. The number of amides is 1. The monoisotopic (exact) mass is 335 g/mol. The molecule has 0 fully saturated rings. The van der Waals surface area contributed by atoms with Gasteiger partial charge in [-0.25, -0.2) is 4.39 Å². The second-order valence-electron chi connectivity index (χ2n) is 5.11. The Labute approximate surface area is 136 Å². The Hall–Kier alpha value is -2.05. The summed E-state index contributed by atoms with van der Waals surface area (Å²) in [4.78, 5) is 11.8. The van der Waals surface area contributed by atoms with Crippen LogP contribution in [0.25, 0.3) is 0 Å². The van der Waals surface area contributed by atoms with Gasteiger partial charge < -0.3 is 10.4 Å². The molecule has 0 aliphatic rings. The van der Waals surface area contributed by atoms with Gasteiger partial charge >= 0.3 is 0 Å². The van der Waals surface area contributed by atoms with Gasteiger partial charge in [0, 0.05) is 23.1 Å². The summed E-state index contributed by atoms with van der Waals surface area (Å²) < 4.78 is 24.8. The molecule has 1 amide bonds. The molecule has 0 bridgehead atoms. The van der Waals surface area contributed by atoms with Crippen molar-refractivity contribution >= 4 is 16.7 Å². The first-order valence-corrected chi connectivity index (χ1v) is 8.60. The maximum atomic E-state index is 12.8. The number of benzene rings is 2. The molecule has 0 radical (unpaired) electrons. The normalized spacial score (nSPS) is 11.9. The lowest BCUT2D eigenvalue weighted by atomic mass is 10.2. The van der Waals surface area contributed by atoms with Crippen LogP contribution in [-0.4, -0.2) is 21.0 Å². The van der Waals surface area contributed by atoms with Crippen LogP contribution in [0.1, 0.15) is 16.7 Å². The number of hydrogen-bond acceptors (Lipinski definition) is 3. The standard InChI is InChI=1S/C17H18FNO3S/c18-16-7-5-13(6-8-16)9-19-17(21)12-23(22)11-15-3-1-14(10-20)2-4-15/h1-8,20H,9-12H2,(H,19,21). The molecular formula is C17H18FNO3S. The van der Waals surface area contributed by atoms with E-state index in [0.717, 1.165) is 16.7 Å². The van der Waals surface area contributed by atoms with E-state index >= 15 is 0 Å². The van der Waals surface area contributed by atoms with E-state index < -0.39 is 10.8 Å². The molecule has 0 saturated heterocycles. The first kappa shape index (κ1) is 17.3. The first-order chi connectivity index (χ1) is 11.1. The Kier molecular flexibility index (Phi) is 6.43. The third kappa shape index (κ3) is 5.92. The fourth-order valence-electron chi connectivity index (χ4n) is 1.98. The smallest absolute Gasteiger partial charge is 0.232 e. The molecule has 0 aliphatic heterocycles. The van der Waals surface area contributed by atoms with Crippen LogP contribution in [0.2, 0.25) is 0 Å². The van der Waals surface area contributed by atoms with Crippen LogP contribution in [0.3, 0.4) is 0 Å². The minimum absolute atomic E-state index is 0.0326.